The molecule has 1 saturated heterocycles. The first-order chi connectivity index (χ1) is 9.08. The summed E-state index contributed by atoms with van der Waals surface area (Å²) in [4.78, 5) is 24.6. The molecule has 0 unspecified atom stereocenters. The molecular formula is C13H22N2O3S. The largest absolute Gasteiger partial charge is 0.480 e. The van der Waals surface area contributed by atoms with Crippen LogP contribution >= 0.6 is 11.8 Å². The van der Waals surface area contributed by atoms with E-state index < -0.39 is 12.0 Å². The molecule has 2 aliphatic rings. The Balaban J connectivity index is 1.88. The molecule has 0 bridgehead atoms. The molecule has 108 valence electrons. The van der Waals surface area contributed by atoms with Crippen molar-refractivity contribution in [1.29, 1.82) is 0 Å². The highest BCUT2D eigenvalue weighted by atomic mass is 32.2. The van der Waals surface area contributed by atoms with Gasteiger partial charge in [0.25, 0.3) is 0 Å². The molecule has 0 aromatic rings. The number of rotatable bonds is 4. The van der Waals surface area contributed by atoms with Gasteiger partial charge in [0.05, 0.1) is 5.88 Å². The summed E-state index contributed by atoms with van der Waals surface area (Å²) >= 11 is 1.49. The molecule has 1 aliphatic heterocycles. The Morgan fingerprint density at radius 2 is 2.11 bits per heavy atom. The highest BCUT2D eigenvalue weighted by Crippen LogP contribution is 2.40. The normalized spacial score (nSPS) is 25.5. The summed E-state index contributed by atoms with van der Waals surface area (Å²) in [6, 6.07) is -0.900. The molecule has 2 N–H and O–H groups in total. The Morgan fingerprint density at radius 1 is 1.42 bits per heavy atom. The lowest BCUT2D eigenvalue weighted by Gasteiger charge is -2.29. The minimum atomic E-state index is -0.911. The van der Waals surface area contributed by atoms with Crippen molar-refractivity contribution in [3.05, 3.63) is 0 Å². The quantitative estimate of drug-likeness (QED) is 0.830. The van der Waals surface area contributed by atoms with Gasteiger partial charge < -0.3 is 15.3 Å². The second kappa shape index (κ2) is 6.03. The van der Waals surface area contributed by atoms with Crippen LogP contribution < -0.4 is 5.32 Å². The van der Waals surface area contributed by atoms with E-state index in [1.807, 2.05) is 0 Å². The van der Waals surface area contributed by atoms with E-state index in [9.17, 15) is 9.59 Å². The molecule has 1 aliphatic carbocycles. The van der Waals surface area contributed by atoms with Gasteiger partial charge in [0.15, 0.2) is 0 Å². The molecule has 2 rings (SSSR count). The number of aliphatic carboxylic acids is 1. The molecule has 0 spiro atoms. The molecule has 0 aromatic carbocycles. The lowest BCUT2D eigenvalue weighted by molar-refractivity contribution is -0.140. The Bertz CT molecular complexity index is 356. The second-order valence-electron chi connectivity index (χ2n) is 5.54. The summed E-state index contributed by atoms with van der Waals surface area (Å²) in [5.74, 6) is 0.0510. The number of hydrogen-bond donors (Lipinski definition) is 2. The van der Waals surface area contributed by atoms with Gasteiger partial charge in [-0.25, -0.2) is 9.59 Å². The molecule has 1 saturated carbocycles. The van der Waals surface area contributed by atoms with Crippen molar-refractivity contribution < 1.29 is 14.7 Å². The van der Waals surface area contributed by atoms with Gasteiger partial charge in [-0.05, 0) is 24.7 Å². The summed E-state index contributed by atoms with van der Waals surface area (Å²) in [6.45, 7) is 2.85. The lowest BCUT2D eigenvalue weighted by Crippen LogP contribution is -2.49. The van der Waals surface area contributed by atoms with Crippen LogP contribution in [-0.2, 0) is 4.79 Å². The van der Waals surface area contributed by atoms with Gasteiger partial charge in [0, 0.05) is 12.3 Å². The minimum Gasteiger partial charge on any atom is -0.480 e. The number of urea groups is 1. The average Bonchev–Trinajstić information content (AvgIpc) is 3.05. The standard InChI is InChI=1S/C13H22N2O3S/c1-2-13(5-3-4-6-13)8-14-12(18)15-9-19-7-10(15)11(16)17/h10H,2-9H2,1H3,(H,14,18)(H,16,17)/t10-/m0/s1. The molecule has 2 amide bonds. The van der Waals surface area contributed by atoms with Crippen molar-refractivity contribution in [2.45, 2.75) is 45.1 Å². The van der Waals surface area contributed by atoms with Gasteiger partial charge >= 0.3 is 12.0 Å². The SMILES string of the molecule is CCC1(CNC(=O)N2CSC[C@H]2C(=O)O)CCCC1. The van der Waals surface area contributed by atoms with Crippen molar-refractivity contribution in [1.82, 2.24) is 10.2 Å². The number of nitrogens with one attached hydrogen (secondary N) is 1. The third-order valence-electron chi connectivity index (χ3n) is 4.46. The van der Waals surface area contributed by atoms with Gasteiger partial charge in [-0.2, -0.15) is 0 Å². The fourth-order valence-corrected chi connectivity index (χ4v) is 4.14. The van der Waals surface area contributed by atoms with E-state index in [0.29, 0.717) is 18.2 Å². The van der Waals surface area contributed by atoms with Gasteiger partial charge in [0.2, 0.25) is 0 Å². The van der Waals surface area contributed by atoms with Crippen molar-refractivity contribution in [2.75, 3.05) is 18.2 Å². The number of carboxylic acid groups (broad SMARTS) is 1. The van der Waals surface area contributed by atoms with Crippen molar-refractivity contribution in [3.8, 4) is 0 Å². The first kappa shape index (κ1) is 14.5. The zero-order valence-corrected chi connectivity index (χ0v) is 12.2. The smallest absolute Gasteiger partial charge is 0.327 e. The number of amides is 2. The van der Waals surface area contributed by atoms with E-state index in [2.05, 4.69) is 12.2 Å². The third kappa shape index (κ3) is 3.16. The van der Waals surface area contributed by atoms with Crippen LogP contribution in [0.5, 0.6) is 0 Å². The summed E-state index contributed by atoms with van der Waals surface area (Å²) in [5, 5.41) is 12.0. The predicted molar refractivity (Wildman–Crippen MR) is 75.2 cm³/mol. The Hall–Kier alpha value is -0.910. The van der Waals surface area contributed by atoms with Gasteiger partial charge in [-0.1, -0.05) is 19.8 Å². The molecule has 6 heteroatoms. The average molecular weight is 286 g/mol. The van der Waals surface area contributed by atoms with Crippen LogP contribution in [0, 0.1) is 5.41 Å². The number of carbonyl (C=O) groups is 2. The highest BCUT2D eigenvalue weighted by molar-refractivity contribution is 7.99. The molecular weight excluding hydrogens is 264 g/mol. The molecule has 0 aromatic heterocycles. The van der Waals surface area contributed by atoms with E-state index in [4.69, 9.17) is 5.11 Å². The summed E-state index contributed by atoms with van der Waals surface area (Å²) in [6.07, 6.45) is 5.88. The van der Waals surface area contributed by atoms with Crippen LogP contribution in [0.2, 0.25) is 0 Å². The summed E-state index contributed by atoms with van der Waals surface area (Å²) < 4.78 is 0. The maximum Gasteiger partial charge on any atom is 0.327 e. The third-order valence-corrected chi connectivity index (χ3v) is 5.47. The zero-order valence-electron chi connectivity index (χ0n) is 11.4. The van der Waals surface area contributed by atoms with Crippen molar-refractivity contribution in [3.63, 3.8) is 0 Å². The van der Waals surface area contributed by atoms with Crippen LogP contribution in [0.25, 0.3) is 0 Å². The Morgan fingerprint density at radius 3 is 2.68 bits per heavy atom. The van der Waals surface area contributed by atoms with Gasteiger partial charge in [0.1, 0.15) is 6.04 Å². The number of carboxylic acids is 1. The Labute approximate surface area is 118 Å². The molecule has 19 heavy (non-hydrogen) atoms. The monoisotopic (exact) mass is 286 g/mol. The van der Waals surface area contributed by atoms with Crippen molar-refractivity contribution >= 4 is 23.8 Å². The zero-order chi connectivity index (χ0) is 13.9. The first-order valence-electron chi connectivity index (χ1n) is 6.93. The van der Waals surface area contributed by atoms with Crippen molar-refractivity contribution in [2.24, 2.45) is 5.41 Å². The fraction of sp³-hybridized carbons (Fsp3) is 0.846. The lowest BCUT2D eigenvalue weighted by atomic mass is 9.83. The Kier molecular flexibility index (Phi) is 4.60. The second-order valence-corrected chi connectivity index (χ2v) is 6.54. The van der Waals surface area contributed by atoms with Gasteiger partial charge in [-0.3, -0.25) is 0 Å². The van der Waals surface area contributed by atoms with E-state index in [0.717, 1.165) is 6.42 Å². The molecule has 0 radical (unpaired) electrons. The van der Waals surface area contributed by atoms with Crippen LogP contribution in [0.1, 0.15) is 39.0 Å². The minimum absolute atomic E-state index is 0.225. The first-order valence-corrected chi connectivity index (χ1v) is 8.08. The molecule has 2 fully saturated rings. The van der Waals surface area contributed by atoms with E-state index in [-0.39, 0.29) is 11.4 Å². The summed E-state index contributed by atoms with van der Waals surface area (Å²) in [7, 11) is 0. The van der Waals surface area contributed by atoms with Crippen LogP contribution in [0.4, 0.5) is 4.79 Å². The van der Waals surface area contributed by atoms with Crippen LogP contribution in [0.3, 0.4) is 0 Å². The van der Waals surface area contributed by atoms with Crippen LogP contribution in [-0.4, -0.2) is 46.2 Å². The number of thioether (sulfide) groups is 1. The predicted octanol–water partition coefficient (Wildman–Crippen LogP) is 2.13. The van der Waals surface area contributed by atoms with Crippen LogP contribution in [0.15, 0.2) is 0 Å². The highest BCUT2D eigenvalue weighted by Gasteiger charge is 2.37. The number of hydrogen-bond acceptors (Lipinski definition) is 3. The fourth-order valence-electron chi connectivity index (χ4n) is 2.99. The summed E-state index contributed by atoms with van der Waals surface area (Å²) in [5.41, 5.74) is 0.237. The molecule has 1 atom stereocenters. The number of nitrogens with zero attached hydrogens (tertiary/aromatic N) is 1. The van der Waals surface area contributed by atoms with E-state index in [1.165, 1.54) is 42.3 Å². The molecule has 5 nitrogen and oxygen atoms in total. The topological polar surface area (TPSA) is 69.6 Å². The van der Waals surface area contributed by atoms with Gasteiger partial charge in [-0.15, -0.1) is 11.8 Å². The molecule has 1 heterocycles. The maximum atomic E-state index is 12.1. The maximum absolute atomic E-state index is 12.1. The van der Waals surface area contributed by atoms with E-state index >= 15 is 0 Å². The number of carbonyl (C=O) groups excluding carboxylic acids is 1. The van der Waals surface area contributed by atoms with E-state index in [1.54, 1.807) is 0 Å².